The van der Waals surface area contributed by atoms with E-state index in [0.29, 0.717) is 24.6 Å². The predicted molar refractivity (Wildman–Crippen MR) is 73.8 cm³/mol. The second kappa shape index (κ2) is 5.79. The molecule has 2 aliphatic rings. The number of imide groups is 1. The zero-order valence-corrected chi connectivity index (χ0v) is 12.1. The van der Waals surface area contributed by atoms with E-state index in [-0.39, 0.29) is 30.2 Å². The summed E-state index contributed by atoms with van der Waals surface area (Å²) in [6, 6.07) is 0. The first-order chi connectivity index (χ1) is 10.2. The molecule has 1 fully saturated rings. The molecule has 1 saturated heterocycles. The Bertz CT molecular complexity index is 552. The molecule has 1 aliphatic heterocycles. The minimum Gasteiger partial charge on any atom is -0.339 e. The maximum atomic E-state index is 12.3. The molecule has 1 aromatic heterocycles. The fourth-order valence-electron chi connectivity index (χ4n) is 2.95. The third-order valence-electron chi connectivity index (χ3n) is 4.15. The number of rotatable bonds is 5. The van der Waals surface area contributed by atoms with Crippen LogP contribution in [0.3, 0.4) is 0 Å². The van der Waals surface area contributed by atoms with Gasteiger partial charge in [0.15, 0.2) is 5.82 Å². The minimum absolute atomic E-state index is 0.103. The van der Waals surface area contributed by atoms with Crippen LogP contribution in [0.2, 0.25) is 0 Å². The van der Waals surface area contributed by atoms with Gasteiger partial charge in [0.05, 0.1) is 18.4 Å². The molecule has 0 spiro atoms. The number of allylic oxidation sites excluding steroid dienone is 2. The quantitative estimate of drug-likeness (QED) is 0.611. The van der Waals surface area contributed by atoms with Crippen molar-refractivity contribution in [3.05, 3.63) is 23.9 Å². The normalized spacial score (nSPS) is 24.7. The van der Waals surface area contributed by atoms with Crippen molar-refractivity contribution >= 4 is 11.8 Å². The van der Waals surface area contributed by atoms with Crippen LogP contribution in [0.1, 0.15) is 44.3 Å². The monoisotopic (exact) mass is 289 g/mol. The maximum Gasteiger partial charge on any atom is 0.233 e. The number of amides is 2. The van der Waals surface area contributed by atoms with Crippen LogP contribution >= 0.6 is 0 Å². The Labute approximate surface area is 123 Å². The highest BCUT2D eigenvalue weighted by Crippen LogP contribution is 2.35. The second-order valence-corrected chi connectivity index (χ2v) is 5.63. The van der Waals surface area contributed by atoms with Gasteiger partial charge in [0.1, 0.15) is 0 Å². The third-order valence-corrected chi connectivity index (χ3v) is 4.15. The van der Waals surface area contributed by atoms with Crippen molar-refractivity contribution in [2.45, 2.75) is 45.6 Å². The van der Waals surface area contributed by atoms with Crippen LogP contribution in [0.15, 0.2) is 16.7 Å². The summed E-state index contributed by atoms with van der Waals surface area (Å²) in [5, 5.41) is 3.87. The van der Waals surface area contributed by atoms with Crippen LogP contribution in [-0.2, 0) is 22.6 Å². The summed E-state index contributed by atoms with van der Waals surface area (Å²) in [7, 11) is 0. The van der Waals surface area contributed by atoms with Crippen molar-refractivity contribution in [2.75, 3.05) is 0 Å². The fraction of sp³-hybridized carbons (Fsp3) is 0.600. The maximum absolute atomic E-state index is 12.3. The third kappa shape index (κ3) is 2.62. The number of carbonyl (C=O) groups excluding carboxylic acids is 2. The van der Waals surface area contributed by atoms with Crippen LogP contribution in [0.5, 0.6) is 0 Å². The van der Waals surface area contributed by atoms with Gasteiger partial charge in [0.2, 0.25) is 17.7 Å². The van der Waals surface area contributed by atoms with Gasteiger partial charge >= 0.3 is 0 Å². The van der Waals surface area contributed by atoms with E-state index in [2.05, 4.69) is 17.1 Å². The first kappa shape index (κ1) is 14.0. The van der Waals surface area contributed by atoms with Crippen molar-refractivity contribution in [3.8, 4) is 0 Å². The van der Waals surface area contributed by atoms with Gasteiger partial charge in [-0.1, -0.05) is 30.7 Å². The summed E-state index contributed by atoms with van der Waals surface area (Å²) in [4.78, 5) is 30.2. The number of aromatic nitrogens is 2. The van der Waals surface area contributed by atoms with E-state index in [1.54, 1.807) is 0 Å². The Kier molecular flexibility index (Phi) is 3.86. The summed E-state index contributed by atoms with van der Waals surface area (Å²) >= 11 is 0. The van der Waals surface area contributed by atoms with Gasteiger partial charge in [-0.15, -0.1) is 0 Å². The Morgan fingerprint density at radius 1 is 1.24 bits per heavy atom. The van der Waals surface area contributed by atoms with Gasteiger partial charge in [-0.3, -0.25) is 14.5 Å². The molecule has 2 heterocycles. The van der Waals surface area contributed by atoms with Crippen molar-refractivity contribution in [3.63, 3.8) is 0 Å². The predicted octanol–water partition coefficient (Wildman–Crippen LogP) is 1.86. The van der Waals surface area contributed by atoms with Crippen LogP contribution in [-0.4, -0.2) is 26.9 Å². The molecule has 0 unspecified atom stereocenters. The average Bonchev–Trinajstić information content (AvgIpc) is 3.05. The number of hydrogen-bond donors (Lipinski definition) is 0. The Hall–Kier alpha value is -1.98. The number of carbonyl (C=O) groups is 2. The summed E-state index contributed by atoms with van der Waals surface area (Å²) in [5.41, 5.74) is 0. The average molecular weight is 289 g/mol. The summed E-state index contributed by atoms with van der Waals surface area (Å²) < 4.78 is 5.14. The molecule has 0 bridgehead atoms. The molecule has 0 aromatic carbocycles. The lowest BCUT2D eigenvalue weighted by molar-refractivity contribution is -0.140. The first-order valence-electron chi connectivity index (χ1n) is 7.52. The number of nitrogens with zero attached hydrogens (tertiary/aromatic N) is 3. The van der Waals surface area contributed by atoms with Crippen molar-refractivity contribution in [1.82, 2.24) is 15.0 Å². The highest BCUT2D eigenvalue weighted by Gasteiger charge is 2.47. The van der Waals surface area contributed by atoms with Crippen molar-refractivity contribution < 1.29 is 14.1 Å². The standard InChI is InChI=1S/C15H19N3O3/c1-2-3-8-13-16-12(17-21-13)9-18-14(19)10-6-4-5-7-11(10)15(18)20/h4-5,10-11H,2-3,6-9H2,1H3/t10-,11+. The van der Waals surface area contributed by atoms with Gasteiger partial charge < -0.3 is 4.52 Å². The molecule has 3 rings (SSSR count). The lowest BCUT2D eigenvalue weighted by atomic mass is 9.85. The number of hydrogen-bond acceptors (Lipinski definition) is 5. The SMILES string of the molecule is CCCCc1nc(CN2C(=O)[C@H]3CC=CC[C@H]3C2=O)no1. The van der Waals surface area contributed by atoms with E-state index in [1.165, 1.54) is 4.90 Å². The van der Waals surface area contributed by atoms with Gasteiger partial charge in [0, 0.05) is 6.42 Å². The topological polar surface area (TPSA) is 76.3 Å². The summed E-state index contributed by atoms with van der Waals surface area (Å²) in [5.74, 6) is 0.380. The van der Waals surface area contributed by atoms with Crippen LogP contribution in [0.25, 0.3) is 0 Å². The lowest BCUT2D eigenvalue weighted by Gasteiger charge is -2.14. The fourth-order valence-corrected chi connectivity index (χ4v) is 2.95. The van der Waals surface area contributed by atoms with Gasteiger partial charge in [-0.25, -0.2) is 0 Å². The van der Waals surface area contributed by atoms with Gasteiger partial charge in [0.25, 0.3) is 0 Å². The van der Waals surface area contributed by atoms with Crippen LogP contribution in [0.4, 0.5) is 0 Å². The zero-order chi connectivity index (χ0) is 14.8. The Morgan fingerprint density at radius 3 is 2.52 bits per heavy atom. The molecular weight excluding hydrogens is 270 g/mol. The minimum atomic E-state index is -0.200. The highest BCUT2D eigenvalue weighted by molar-refractivity contribution is 6.05. The smallest absolute Gasteiger partial charge is 0.233 e. The van der Waals surface area contributed by atoms with Crippen molar-refractivity contribution in [1.29, 1.82) is 0 Å². The largest absolute Gasteiger partial charge is 0.339 e. The summed E-state index contributed by atoms with van der Waals surface area (Å²) in [6.07, 6.45) is 8.04. The van der Waals surface area contributed by atoms with Crippen molar-refractivity contribution in [2.24, 2.45) is 11.8 Å². The molecule has 0 N–H and O–H groups in total. The number of unbranched alkanes of at least 4 members (excludes halogenated alkanes) is 1. The molecule has 1 aliphatic carbocycles. The Balaban J connectivity index is 1.69. The van der Waals surface area contributed by atoms with E-state index in [0.717, 1.165) is 19.3 Å². The molecule has 1 aromatic rings. The Morgan fingerprint density at radius 2 is 1.90 bits per heavy atom. The van der Waals surface area contributed by atoms with E-state index in [4.69, 9.17) is 4.52 Å². The van der Waals surface area contributed by atoms with Gasteiger partial charge in [-0.2, -0.15) is 4.98 Å². The molecule has 0 radical (unpaired) electrons. The molecule has 6 nitrogen and oxygen atoms in total. The number of fused-ring (bicyclic) bond motifs is 1. The van der Waals surface area contributed by atoms with Crippen LogP contribution in [0, 0.1) is 11.8 Å². The zero-order valence-electron chi connectivity index (χ0n) is 12.1. The van der Waals surface area contributed by atoms with E-state index >= 15 is 0 Å². The second-order valence-electron chi connectivity index (χ2n) is 5.63. The molecule has 21 heavy (non-hydrogen) atoms. The van der Waals surface area contributed by atoms with E-state index in [9.17, 15) is 9.59 Å². The van der Waals surface area contributed by atoms with Crippen LogP contribution < -0.4 is 0 Å². The molecular formula is C15H19N3O3. The van der Waals surface area contributed by atoms with E-state index < -0.39 is 0 Å². The summed E-state index contributed by atoms with van der Waals surface area (Å²) in [6.45, 7) is 2.22. The molecule has 6 heteroatoms. The number of aryl methyl sites for hydroxylation is 1. The molecule has 2 atom stereocenters. The first-order valence-corrected chi connectivity index (χ1v) is 7.52. The number of likely N-dealkylation sites (tertiary alicyclic amines) is 1. The lowest BCUT2D eigenvalue weighted by Crippen LogP contribution is -2.31. The molecule has 2 amide bonds. The van der Waals surface area contributed by atoms with E-state index in [1.807, 2.05) is 12.2 Å². The van der Waals surface area contributed by atoms with Gasteiger partial charge in [-0.05, 0) is 19.3 Å². The molecule has 112 valence electrons. The highest BCUT2D eigenvalue weighted by atomic mass is 16.5. The molecule has 0 saturated carbocycles.